The molecule has 0 bridgehead atoms. The third kappa shape index (κ3) is 5.42. The minimum Gasteiger partial charge on any atom is -0.396 e. The van der Waals surface area contributed by atoms with Gasteiger partial charge in [0.2, 0.25) is 17.7 Å². The Morgan fingerprint density at radius 1 is 1.10 bits per heavy atom. The fourth-order valence-corrected chi connectivity index (χ4v) is 4.84. The van der Waals surface area contributed by atoms with Gasteiger partial charge >= 0.3 is 0 Å². The molecular formula is C23H39N3O4. The van der Waals surface area contributed by atoms with E-state index >= 15 is 0 Å². The Balaban J connectivity index is 2.33. The first-order chi connectivity index (χ1) is 14.2. The van der Waals surface area contributed by atoms with Gasteiger partial charge in [-0.05, 0) is 46.0 Å². The average molecular weight is 422 g/mol. The highest BCUT2D eigenvalue weighted by Gasteiger charge is 2.56. The molecule has 1 heterocycles. The summed E-state index contributed by atoms with van der Waals surface area (Å²) in [5.41, 5.74) is -0.407. The van der Waals surface area contributed by atoms with E-state index in [9.17, 15) is 14.4 Å². The van der Waals surface area contributed by atoms with Gasteiger partial charge in [-0.25, -0.2) is 0 Å². The minimum atomic E-state index is -0.597. The number of hydrogen-bond acceptors (Lipinski definition) is 4. The van der Waals surface area contributed by atoms with Gasteiger partial charge in [-0.2, -0.15) is 0 Å². The van der Waals surface area contributed by atoms with E-state index in [2.05, 4.69) is 10.6 Å². The highest BCUT2D eigenvalue weighted by Crippen LogP contribution is 2.45. The summed E-state index contributed by atoms with van der Waals surface area (Å²) in [5.74, 6) is -1.65. The summed E-state index contributed by atoms with van der Waals surface area (Å²) in [5, 5.41) is 14.7. The number of aliphatic hydroxyl groups is 1. The van der Waals surface area contributed by atoms with E-state index in [1.165, 1.54) is 0 Å². The molecule has 1 saturated heterocycles. The van der Waals surface area contributed by atoms with E-state index < -0.39 is 23.4 Å². The number of carbonyl (C=O) groups excluding carboxylic acids is 3. The third-order valence-corrected chi connectivity index (χ3v) is 6.21. The van der Waals surface area contributed by atoms with Gasteiger partial charge < -0.3 is 20.6 Å². The van der Waals surface area contributed by atoms with Crippen LogP contribution in [0.25, 0.3) is 0 Å². The number of aliphatic hydroxyl groups excluding tert-OH is 1. The summed E-state index contributed by atoms with van der Waals surface area (Å²) in [6, 6.07) is -0.597. The van der Waals surface area contributed by atoms with E-state index in [4.69, 9.17) is 5.11 Å². The molecule has 0 unspecified atom stereocenters. The summed E-state index contributed by atoms with van der Waals surface area (Å²) < 4.78 is 0. The van der Waals surface area contributed by atoms with Crippen LogP contribution in [-0.2, 0) is 14.4 Å². The molecular weight excluding hydrogens is 382 g/mol. The van der Waals surface area contributed by atoms with Gasteiger partial charge in [-0.15, -0.1) is 0 Å². The van der Waals surface area contributed by atoms with Gasteiger partial charge in [0.05, 0.1) is 11.8 Å². The predicted molar refractivity (Wildman–Crippen MR) is 116 cm³/mol. The number of nitrogens with zero attached hydrogens (tertiary/aromatic N) is 1. The molecule has 0 spiro atoms. The van der Waals surface area contributed by atoms with Crippen molar-refractivity contribution in [1.29, 1.82) is 0 Å². The molecule has 5 atom stereocenters. The summed E-state index contributed by atoms with van der Waals surface area (Å²) in [6.07, 6.45) is 8.09. The van der Waals surface area contributed by atoms with Crippen molar-refractivity contribution in [3.8, 4) is 0 Å². The smallest absolute Gasteiger partial charge is 0.243 e. The van der Waals surface area contributed by atoms with Gasteiger partial charge in [0.1, 0.15) is 6.04 Å². The van der Waals surface area contributed by atoms with Gasteiger partial charge in [-0.1, -0.05) is 31.9 Å². The predicted octanol–water partition coefficient (Wildman–Crippen LogP) is 1.86. The van der Waals surface area contributed by atoms with Crippen LogP contribution in [0.2, 0.25) is 0 Å². The highest BCUT2D eigenvalue weighted by molar-refractivity contribution is 5.96. The average Bonchev–Trinajstić information content (AvgIpc) is 2.97. The maximum atomic E-state index is 13.5. The number of rotatable bonds is 9. The normalized spacial score (nSPS) is 28.4. The van der Waals surface area contributed by atoms with Crippen LogP contribution in [0.3, 0.4) is 0 Å². The summed E-state index contributed by atoms with van der Waals surface area (Å²) in [6.45, 7) is 8.46. The molecule has 7 nitrogen and oxygen atoms in total. The quantitative estimate of drug-likeness (QED) is 0.391. The van der Waals surface area contributed by atoms with E-state index in [0.29, 0.717) is 6.54 Å². The first kappa shape index (κ1) is 24.4. The molecule has 3 amide bonds. The lowest BCUT2D eigenvalue weighted by molar-refractivity contribution is -0.141. The Morgan fingerprint density at radius 2 is 1.77 bits per heavy atom. The maximum Gasteiger partial charge on any atom is 0.243 e. The summed E-state index contributed by atoms with van der Waals surface area (Å²) in [4.78, 5) is 41.2. The second kappa shape index (κ2) is 10.4. The van der Waals surface area contributed by atoms with Crippen molar-refractivity contribution in [2.24, 2.45) is 23.7 Å². The largest absolute Gasteiger partial charge is 0.396 e. The molecule has 170 valence electrons. The molecule has 0 aromatic rings. The van der Waals surface area contributed by atoms with Crippen molar-refractivity contribution in [1.82, 2.24) is 15.5 Å². The Labute approximate surface area is 180 Å². The number of likely N-dealkylation sites (tertiary alicyclic amines) is 1. The lowest BCUT2D eigenvalue weighted by Gasteiger charge is -2.34. The number of unbranched alkanes of at least 4 members (excludes halogenated alkanes) is 3. The SMILES string of the molecule is CC[C@@H]1C=C[C@H]2[C@@H](C(=O)N(CCCCCCO)[C@@H]2C(=O)NC(C)(C)C)[C@@H]1C(=O)NC. The lowest BCUT2D eigenvalue weighted by Crippen LogP contribution is -2.52. The number of amides is 3. The fourth-order valence-electron chi connectivity index (χ4n) is 4.84. The third-order valence-electron chi connectivity index (χ3n) is 6.21. The number of allylic oxidation sites excluding steroid dienone is 1. The Hall–Kier alpha value is -1.89. The molecule has 30 heavy (non-hydrogen) atoms. The lowest BCUT2D eigenvalue weighted by atomic mass is 9.68. The molecule has 0 saturated carbocycles. The topological polar surface area (TPSA) is 98.7 Å². The minimum absolute atomic E-state index is 0.00835. The standard InChI is InChI=1S/C23H39N3O4/c1-6-15-11-12-16-18(17(15)20(28)24-5)22(30)26(13-9-7-8-10-14-27)19(16)21(29)25-23(2,3)4/h11-12,15-19,27H,6-10,13-14H2,1-5H3,(H,24,28)(H,25,29)/t15-,16+,17-,18-,19+/m1/s1. The van der Waals surface area contributed by atoms with Gasteiger partial charge in [-0.3, -0.25) is 14.4 Å². The second-order valence-electron chi connectivity index (χ2n) is 9.55. The first-order valence-electron chi connectivity index (χ1n) is 11.3. The van der Waals surface area contributed by atoms with Crippen LogP contribution in [0, 0.1) is 23.7 Å². The zero-order valence-electron chi connectivity index (χ0n) is 19.1. The van der Waals surface area contributed by atoms with Crippen molar-refractivity contribution in [2.45, 2.75) is 71.4 Å². The molecule has 2 aliphatic rings. The number of nitrogens with one attached hydrogen (secondary N) is 2. The fraction of sp³-hybridized carbons (Fsp3) is 0.783. The zero-order valence-corrected chi connectivity index (χ0v) is 19.1. The molecule has 7 heteroatoms. The molecule has 1 aliphatic heterocycles. The van der Waals surface area contributed by atoms with E-state index in [-0.39, 0.29) is 36.2 Å². The van der Waals surface area contributed by atoms with Crippen molar-refractivity contribution in [3.05, 3.63) is 12.2 Å². The van der Waals surface area contributed by atoms with Crippen LogP contribution in [0.1, 0.15) is 59.8 Å². The summed E-state index contributed by atoms with van der Waals surface area (Å²) >= 11 is 0. The van der Waals surface area contributed by atoms with Crippen molar-refractivity contribution in [3.63, 3.8) is 0 Å². The van der Waals surface area contributed by atoms with E-state index in [1.54, 1.807) is 11.9 Å². The zero-order chi connectivity index (χ0) is 22.5. The van der Waals surface area contributed by atoms with Crippen molar-refractivity contribution < 1.29 is 19.5 Å². The highest BCUT2D eigenvalue weighted by atomic mass is 16.3. The maximum absolute atomic E-state index is 13.5. The molecule has 0 aromatic heterocycles. The molecule has 1 fully saturated rings. The van der Waals surface area contributed by atoms with Crippen molar-refractivity contribution in [2.75, 3.05) is 20.2 Å². The number of hydrogen-bond donors (Lipinski definition) is 3. The first-order valence-corrected chi connectivity index (χ1v) is 11.3. The molecule has 3 N–H and O–H groups in total. The molecule has 0 radical (unpaired) electrons. The molecule has 1 aliphatic carbocycles. The molecule has 0 aromatic carbocycles. The van der Waals surface area contributed by atoms with E-state index in [0.717, 1.165) is 32.1 Å². The van der Waals surface area contributed by atoms with E-state index in [1.807, 2.05) is 39.8 Å². The Morgan fingerprint density at radius 3 is 2.33 bits per heavy atom. The van der Waals surface area contributed by atoms with Gasteiger partial charge in [0.15, 0.2) is 0 Å². The van der Waals surface area contributed by atoms with Crippen LogP contribution < -0.4 is 10.6 Å². The monoisotopic (exact) mass is 421 g/mol. The number of fused-ring (bicyclic) bond motifs is 1. The van der Waals surface area contributed by atoms with Crippen LogP contribution in [-0.4, -0.2) is 59.5 Å². The number of carbonyl (C=O) groups is 3. The van der Waals surface area contributed by atoms with Crippen LogP contribution >= 0.6 is 0 Å². The Kier molecular flexibility index (Phi) is 8.47. The van der Waals surface area contributed by atoms with Crippen LogP contribution in [0.15, 0.2) is 12.2 Å². The van der Waals surface area contributed by atoms with Crippen LogP contribution in [0.5, 0.6) is 0 Å². The second-order valence-corrected chi connectivity index (χ2v) is 9.55. The van der Waals surface area contributed by atoms with Gasteiger partial charge in [0.25, 0.3) is 0 Å². The molecule has 2 rings (SSSR count). The Bertz CT molecular complexity index is 655. The van der Waals surface area contributed by atoms with Gasteiger partial charge in [0, 0.05) is 31.7 Å². The van der Waals surface area contributed by atoms with Crippen molar-refractivity contribution >= 4 is 17.7 Å². The van der Waals surface area contributed by atoms with Crippen LogP contribution in [0.4, 0.5) is 0 Å². The summed E-state index contributed by atoms with van der Waals surface area (Å²) in [7, 11) is 1.60.